The minimum atomic E-state index is 0.131. The van der Waals surface area contributed by atoms with Crippen LogP contribution in [0.5, 0.6) is 0 Å². The number of nitrogens with zero attached hydrogens (tertiary/aromatic N) is 1. The maximum atomic E-state index is 12.5. The van der Waals surface area contributed by atoms with Gasteiger partial charge in [-0.25, -0.2) is 0 Å². The van der Waals surface area contributed by atoms with E-state index in [9.17, 15) is 4.79 Å². The van der Waals surface area contributed by atoms with Gasteiger partial charge in [-0.05, 0) is 37.0 Å². The molecule has 1 aliphatic rings. The second-order valence-electron chi connectivity index (χ2n) is 5.63. The summed E-state index contributed by atoms with van der Waals surface area (Å²) in [7, 11) is 0. The standard InChI is InChI=1S/C16H24N2O/c1-3-5-12(2)16(19)18(15-8-9-15)11-13-6-4-7-14(17)10-13/h4,6-7,10,12,15H,3,5,8-9,11,17H2,1-2H3. The molecule has 0 spiro atoms. The molecule has 2 N–H and O–H groups in total. The fourth-order valence-electron chi connectivity index (χ4n) is 2.50. The number of benzene rings is 1. The summed E-state index contributed by atoms with van der Waals surface area (Å²) in [4.78, 5) is 14.5. The van der Waals surface area contributed by atoms with Crippen LogP contribution in [0, 0.1) is 5.92 Å². The van der Waals surface area contributed by atoms with Gasteiger partial charge >= 0.3 is 0 Å². The summed E-state index contributed by atoms with van der Waals surface area (Å²) in [5.41, 5.74) is 7.70. The Morgan fingerprint density at radius 3 is 2.79 bits per heavy atom. The average molecular weight is 260 g/mol. The highest BCUT2D eigenvalue weighted by Crippen LogP contribution is 2.30. The maximum Gasteiger partial charge on any atom is 0.225 e. The van der Waals surface area contributed by atoms with Gasteiger partial charge in [0, 0.05) is 24.2 Å². The number of rotatable bonds is 6. The van der Waals surface area contributed by atoms with E-state index in [1.807, 2.05) is 31.2 Å². The second-order valence-corrected chi connectivity index (χ2v) is 5.63. The van der Waals surface area contributed by atoms with Gasteiger partial charge in [0.15, 0.2) is 0 Å². The summed E-state index contributed by atoms with van der Waals surface area (Å²) in [6.45, 7) is 4.87. The molecule has 104 valence electrons. The van der Waals surface area contributed by atoms with Crippen molar-refractivity contribution < 1.29 is 4.79 Å². The van der Waals surface area contributed by atoms with Crippen molar-refractivity contribution in [2.45, 2.75) is 52.1 Å². The van der Waals surface area contributed by atoms with Gasteiger partial charge in [-0.2, -0.15) is 0 Å². The first-order valence-corrected chi connectivity index (χ1v) is 7.26. The van der Waals surface area contributed by atoms with Crippen LogP contribution in [0.3, 0.4) is 0 Å². The summed E-state index contributed by atoms with van der Waals surface area (Å²) in [5, 5.41) is 0. The zero-order valence-corrected chi connectivity index (χ0v) is 11.9. The first kappa shape index (κ1) is 13.9. The van der Waals surface area contributed by atoms with Crippen molar-refractivity contribution >= 4 is 11.6 Å². The summed E-state index contributed by atoms with van der Waals surface area (Å²) >= 11 is 0. The number of carbonyl (C=O) groups excluding carboxylic acids is 1. The minimum absolute atomic E-state index is 0.131. The third kappa shape index (κ3) is 3.72. The Hall–Kier alpha value is -1.51. The molecule has 2 rings (SSSR count). The molecule has 3 heteroatoms. The zero-order valence-electron chi connectivity index (χ0n) is 11.9. The lowest BCUT2D eigenvalue weighted by atomic mass is 10.0. The smallest absolute Gasteiger partial charge is 0.225 e. The Labute approximate surface area is 115 Å². The van der Waals surface area contributed by atoms with Crippen molar-refractivity contribution in [2.75, 3.05) is 5.73 Å². The molecule has 0 aliphatic heterocycles. The van der Waals surface area contributed by atoms with Crippen molar-refractivity contribution in [1.82, 2.24) is 4.90 Å². The minimum Gasteiger partial charge on any atom is -0.399 e. The highest BCUT2D eigenvalue weighted by atomic mass is 16.2. The molecule has 1 aliphatic carbocycles. The van der Waals surface area contributed by atoms with Crippen LogP contribution in [0.1, 0.15) is 45.1 Å². The van der Waals surface area contributed by atoms with Gasteiger partial charge in [-0.1, -0.05) is 32.4 Å². The predicted molar refractivity (Wildman–Crippen MR) is 78.5 cm³/mol. The lowest BCUT2D eigenvalue weighted by Gasteiger charge is -2.26. The van der Waals surface area contributed by atoms with Crippen LogP contribution < -0.4 is 5.73 Å². The number of hydrogen-bond acceptors (Lipinski definition) is 2. The molecule has 3 nitrogen and oxygen atoms in total. The highest BCUT2D eigenvalue weighted by molar-refractivity contribution is 5.79. The first-order valence-electron chi connectivity index (χ1n) is 7.26. The third-order valence-electron chi connectivity index (χ3n) is 3.72. The highest BCUT2D eigenvalue weighted by Gasteiger charge is 2.34. The van der Waals surface area contributed by atoms with Crippen LogP contribution in [-0.2, 0) is 11.3 Å². The Morgan fingerprint density at radius 2 is 2.21 bits per heavy atom. The average Bonchev–Trinajstić information content (AvgIpc) is 3.20. The van der Waals surface area contributed by atoms with Crippen LogP contribution in [-0.4, -0.2) is 16.8 Å². The molecule has 0 heterocycles. The van der Waals surface area contributed by atoms with Crippen LogP contribution in [0.2, 0.25) is 0 Å². The molecule has 1 aromatic carbocycles. The number of amides is 1. The topological polar surface area (TPSA) is 46.3 Å². The van der Waals surface area contributed by atoms with Crippen LogP contribution in [0.15, 0.2) is 24.3 Å². The number of nitrogens with two attached hydrogens (primary N) is 1. The van der Waals surface area contributed by atoms with Crippen LogP contribution in [0.4, 0.5) is 5.69 Å². The molecule has 1 atom stereocenters. The lowest BCUT2D eigenvalue weighted by Crippen LogP contribution is -2.36. The van der Waals surface area contributed by atoms with Gasteiger partial charge in [-0.3, -0.25) is 4.79 Å². The molecule has 19 heavy (non-hydrogen) atoms. The van der Waals surface area contributed by atoms with Gasteiger partial charge < -0.3 is 10.6 Å². The molecule has 0 aromatic heterocycles. The van der Waals surface area contributed by atoms with E-state index in [0.29, 0.717) is 18.5 Å². The van der Waals surface area contributed by atoms with Gasteiger partial charge in [0.25, 0.3) is 0 Å². The number of anilines is 1. The lowest BCUT2D eigenvalue weighted by molar-refractivity contribution is -0.136. The number of carbonyl (C=O) groups is 1. The number of hydrogen-bond donors (Lipinski definition) is 1. The second kappa shape index (κ2) is 6.09. The van der Waals surface area contributed by atoms with E-state index < -0.39 is 0 Å². The maximum absolute atomic E-state index is 12.5. The molecular formula is C16H24N2O. The largest absolute Gasteiger partial charge is 0.399 e. The van der Waals surface area contributed by atoms with E-state index in [4.69, 9.17) is 5.73 Å². The van der Waals surface area contributed by atoms with Gasteiger partial charge in [0.05, 0.1) is 0 Å². The van der Waals surface area contributed by atoms with Gasteiger partial charge in [0.1, 0.15) is 0 Å². The molecule has 0 saturated heterocycles. The van der Waals surface area contributed by atoms with E-state index in [0.717, 1.165) is 36.9 Å². The normalized spacial score (nSPS) is 16.1. The van der Waals surface area contributed by atoms with E-state index in [-0.39, 0.29) is 5.92 Å². The fraction of sp³-hybridized carbons (Fsp3) is 0.562. The molecule has 1 amide bonds. The first-order chi connectivity index (χ1) is 9.11. The third-order valence-corrected chi connectivity index (χ3v) is 3.72. The monoisotopic (exact) mass is 260 g/mol. The molecule has 1 aromatic rings. The van der Waals surface area contributed by atoms with Crippen molar-refractivity contribution in [3.05, 3.63) is 29.8 Å². The van der Waals surface area contributed by atoms with Crippen molar-refractivity contribution in [3.63, 3.8) is 0 Å². The summed E-state index contributed by atoms with van der Waals surface area (Å²) in [6.07, 6.45) is 4.32. The van der Waals surface area contributed by atoms with Gasteiger partial charge in [0.2, 0.25) is 5.91 Å². The zero-order chi connectivity index (χ0) is 13.8. The van der Waals surface area contributed by atoms with Crippen molar-refractivity contribution in [1.29, 1.82) is 0 Å². The van der Waals surface area contributed by atoms with Crippen molar-refractivity contribution in [2.24, 2.45) is 5.92 Å². The molecule has 1 fully saturated rings. The molecule has 0 radical (unpaired) electrons. The summed E-state index contributed by atoms with van der Waals surface area (Å²) < 4.78 is 0. The van der Waals surface area contributed by atoms with E-state index >= 15 is 0 Å². The van der Waals surface area contributed by atoms with Crippen molar-refractivity contribution in [3.8, 4) is 0 Å². The number of nitrogen functional groups attached to an aromatic ring is 1. The summed E-state index contributed by atoms with van der Waals surface area (Å²) in [6, 6.07) is 8.30. The predicted octanol–water partition coefficient (Wildman–Crippen LogP) is 3.20. The van der Waals surface area contributed by atoms with E-state index in [1.165, 1.54) is 0 Å². The van der Waals surface area contributed by atoms with Crippen LogP contribution >= 0.6 is 0 Å². The Balaban J connectivity index is 2.06. The molecule has 0 bridgehead atoms. The van der Waals surface area contributed by atoms with Gasteiger partial charge in [-0.15, -0.1) is 0 Å². The quantitative estimate of drug-likeness (QED) is 0.798. The van der Waals surface area contributed by atoms with Crippen LogP contribution in [0.25, 0.3) is 0 Å². The molecular weight excluding hydrogens is 236 g/mol. The molecule has 1 unspecified atom stereocenters. The Kier molecular flexibility index (Phi) is 4.46. The van der Waals surface area contributed by atoms with E-state index in [1.54, 1.807) is 0 Å². The fourth-order valence-corrected chi connectivity index (χ4v) is 2.50. The Morgan fingerprint density at radius 1 is 1.47 bits per heavy atom. The summed E-state index contributed by atoms with van der Waals surface area (Å²) in [5.74, 6) is 0.429. The van der Waals surface area contributed by atoms with E-state index in [2.05, 4.69) is 11.8 Å². The SMILES string of the molecule is CCCC(C)C(=O)N(Cc1cccc(N)c1)C1CC1. The molecule has 1 saturated carbocycles. The Bertz CT molecular complexity index is 440.